The van der Waals surface area contributed by atoms with Crippen LogP contribution in [-0.2, 0) is 14.9 Å². The summed E-state index contributed by atoms with van der Waals surface area (Å²) < 4.78 is 12.2. The second-order valence-corrected chi connectivity index (χ2v) is 11.2. The second-order valence-electron chi connectivity index (χ2n) is 11.2. The Hall–Kier alpha value is -2.83. The van der Waals surface area contributed by atoms with Crippen LogP contribution in [0.25, 0.3) is 6.08 Å². The van der Waals surface area contributed by atoms with Gasteiger partial charge in [0.1, 0.15) is 11.5 Å². The molecule has 37 heavy (non-hydrogen) atoms. The number of carbonyl (C=O) groups is 1. The number of phenolic OH excluding ortho intramolecular Hbond substituents is 1. The van der Waals surface area contributed by atoms with Gasteiger partial charge in [-0.05, 0) is 92.5 Å². The minimum absolute atomic E-state index is 0.0229. The Balaban J connectivity index is 1.42. The number of carbonyl (C=O) groups excluding carboxylic acids is 1. The van der Waals surface area contributed by atoms with Crippen molar-refractivity contribution in [3.8, 4) is 11.5 Å². The van der Waals surface area contributed by atoms with E-state index in [1.165, 1.54) is 24.9 Å². The highest BCUT2D eigenvalue weighted by atomic mass is 16.5. The predicted octanol–water partition coefficient (Wildman–Crippen LogP) is 4.86. The highest BCUT2D eigenvalue weighted by Gasteiger charge is 2.59. The maximum atomic E-state index is 13.2. The van der Waals surface area contributed by atoms with Crippen molar-refractivity contribution in [2.24, 2.45) is 5.92 Å². The van der Waals surface area contributed by atoms with Gasteiger partial charge in [0.2, 0.25) is 5.91 Å². The van der Waals surface area contributed by atoms with E-state index in [9.17, 15) is 9.90 Å². The van der Waals surface area contributed by atoms with Crippen molar-refractivity contribution in [2.75, 3.05) is 40.9 Å². The average molecular weight is 505 g/mol. The number of hydrogen-bond donors (Lipinski definition) is 1. The summed E-state index contributed by atoms with van der Waals surface area (Å²) in [6, 6.07) is 15.5. The molecule has 1 heterocycles. The Labute approximate surface area is 220 Å². The molecule has 5 rings (SSSR count). The fourth-order valence-electron chi connectivity index (χ4n) is 6.73. The van der Waals surface area contributed by atoms with Crippen LogP contribution in [0.4, 0.5) is 0 Å². The van der Waals surface area contributed by atoms with Crippen LogP contribution in [-0.4, -0.2) is 73.4 Å². The van der Waals surface area contributed by atoms with E-state index in [0.29, 0.717) is 0 Å². The average Bonchev–Trinajstić information content (AvgIpc) is 3.75. The lowest BCUT2D eigenvalue weighted by molar-refractivity contribution is -0.159. The largest absolute Gasteiger partial charge is 0.508 e. The third-order valence-corrected chi connectivity index (χ3v) is 9.08. The SMILES string of the molecule is COc1cccc(C23CCN(CC4CC4)CC2(OC)CCC(N(C)C(=O)/C=C/c2cccc(O)c2)C3)c1. The molecule has 6 nitrogen and oxygen atoms in total. The van der Waals surface area contributed by atoms with Gasteiger partial charge in [0.15, 0.2) is 0 Å². The summed E-state index contributed by atoms with van der Waals surface area (Å²) in [6.45, 7) is 3.14. The first kappa shape index (κ1) is 25.8. The van der Waals surface area contributed by atoms with Gasteiger partial charge in [0.25, 0.3) is 0 Å². The number of amides is 1. The van der Waals surface area contributed by atoms with Crippen molar-refractivity contribution in [3.05, 3.63) is 65.7 Å². The second kappa shape index (κ2) is 10.5. The molecular weight excluding hydrogens is 464 g/mol. The molecule has 2 saturated carbocycles. The first-order valence-electron chi connectivity index (χ1n) is 13.5. The molecule has 1 aliphatic heterocycles. The van der Waals surface area contributed by atoms with Crippen LogP contribution >= 0.6 is 0 Å². The predicted molar refractivity (Wildman–Crippen MR) is 146 cm³/mol. The summed E-state index contributed by atoms with van der Waals surface area (Å²) >= 11 is 0. The molecule has 0 spiro atoms. The number of methoxy groups -OCH3 is 2. The maximum absolute atomic E-state index is 13.2. The topological polar surface area (TPSA) is 62.2 Å². The van der Waals surface area contributed by atoms with Crippen LogP contribution in [0.1, 0.15) is 49.7 Å². The molecule has 0 aromatic heterocycles. The number of ether oxygens (including phenoxy) is 2. The van der Waals surface area contributed by atoms with Gasteiger partial charge in [0.05, 0.1) is 12.7 Å². The molecule has 3 atom stereocenters. The Morgan fingerprint density at radius 1 is 1.14 bits per heavy atom. The van der Waals surface area contributed by atoms with Crippen molar-refractivity contribution in [2.45, 2.75) is 55.6 Å². The van der Waals surface area contributed by atoms with Gasteiger partial charge in [-0.1, -0.05) is 24.3 Å². The third kappa shape index (κ3) is 5.14. The Morgan fingerprint density at radius 2 is 1.95 bits per heavy atom. The smallest absolute Gasteiger partial charge is 0.246 e. The maximum Gasteiger partial charge on any atom is 0.246 e. The molecule has 3 fully saturated rings. The highest BCUT2D eigenvalue weighted by Crippen LogP contribution is 2.54. The van der Waals surface area contributed by atoms with Crippen molar-refractivity contribution >= 4 is 12.0 Å². The molecule has 2 aliphatic carbocycles. The van der Waals surface area contributed by atoms with E-state index in [2.05, 4.69) is 23.1 Å². The number of likely N-dealkylation sites (N-methyl/N-ethyl adjacent to an activating group) is 1. The van der Waals surface area contributed by atoms with Gasteiger partial charge in [-0.2, -0.15) is 0 Å². The van der Waals surface area contributed by atoms with Crippen LogP contribution < -0.4 is 4.74 Å². The first-order valence-corrected chi connectivity index (χ1v) is 13.5. The molecule has 1 N–H and O–H groups in total. The molecule has 1 amide bonds. The normalized spacial score (nSPS) is 28.1. The molecule has 6 heteroatoms. The molecule has 3 unspecified atom stereocenters. The summed E-state index contributed by atoms with van der Waals surface area (Å²) in [4.78, 5) is 17.8. The third-order valence-electron chi connectivity index (χ3n) is 9.08. The lowest BCUT2D eigenvalue weighted by Gasteiger charge is -2.60. The van der Waals surface area contributed by atoms with Crippen LogP contribution in [0.5, 0.6) is 11.5 Å². The number of rotatable bonds is 8. The van der Waals surface area contributed by atoms with Crippen LogP contribution in [0.2, 0.25) is 0 Å². The standard InChI is InChI=1S/C31H40N2O4/c1-32(29(35)13-12-23-6-4-8-27(34)18-23)26-14-15-31(37-3)22-33(21-24-10-11-24)17-16-30(31,20-26)25-7-5-9-28(19-25)36-2/h4-9,12-13,18-19,24,26,34H,10-11,14-17,20-22H2,1-3H3/b13-12+. The van der Waals surface area contributed by atoms with E-state index in [0.717, 1.165) is 56.0 Å². The molecule has 198 valence electrons. The highest BCUT2D eigenvalue weighted by molar-refractivity contribution is 5.91. The zero-order valence-electron chi connectivity index (χ0n) is 22.4. The molecule has 2 aromatic carbocycles. The van der Waals surface area contributed by atoms with Crippen LogP contribution in [0.15, 0.2) is 54.6 Å². The van der Waals surface area contributed by atoms with Gasteiger partial charge >= 0.3 is 0 Å². The fraction of sp³-hybridized carbons (Fsp3) is 0.516. The Bertz CT molecular complexity index is 1150. The Morgan fingerprint density at radius 3 is 2.68 bits per heavy atom. The van der Waals surface area contributed by atoms with E-state index < -0.39 is 0 Å². The van der Waals surface area contributed by atoms with E-state index in [-0.39, 0.29) is 28.7 Å². The monoisotopic (exact) mass is 504 g/mol. The fourth-order valence-corrected chi connectivity index (χ4v) is 6.73. The number of aromatic hydroxyl groups is 1. The van der Waals surface area contributed by atoms with Gasteiger partial charge in [-0.15, -0.1) is 0 Å². The van der Waals surface area contributed by atoms with Gasteiger partial charge in [-0.3, -0.25) is 4.79 Å². The van der Waals surface area contributed by atoms with Crippen molar-refractivity contribution in [1.82, 2.24) is 9.80 Å². The van der Waals surface area contributed by atoms with Gasteiger partial charge < -0.3 is 24.4 Å². The molecular formula is C31H40N2O4. The van der Waals surface area contributed by atoms with Gasteiger partial charge in [-0.25, -0.2) is 0 Å². The lowest BCUT2D eigenvalue weighted by atomic mass is 9.55. The summed E-state index contributed by atoms with van der Waals surface area (Å²) in [6.07, 6.45) is 9.75. The van der Waals surface area contributed by atoms with E-state index in [4.69, 9.17) is 9.47 Å². The number of benzene rings is 2. The number of fused-ring (bicyclic) bond motifs is 1. The van der Waals surface area contributed by atoms with Crippen LogP contribution in [0.3, 0.4) is 0 Å². The zero-order chi connectivity index (χ0) is 26.0. The van der Waals surface area contributed by atoms with E-state index in [1.807, 2.05) is 31.2 Å². The lowest BCUT2D eigenvalue weighted by Crippen LogP contribution is -2.68. The van der Waals surface area contributed by atoms with Crippen molar-refractivity contribution in [3.63, 3.8) is 0 Å². The molecule has 1 saturated heterocycles. The van der Waals surface area contributed by atoms with Crippen LogP contribution in [0, 0.1) is 5.92 Å². The van der Waals surface area contributed by atoms with E-state index in [1.54, 1.807) is 37.5 Å². The minimum Gasteiger partial charge on any atom is -0.508 e. The molecule has 3 aliphatic rings. The summed E-state index contributed by atoms with van der Waals surface area (Å²) in [5.74, 6) is 1.87. The van der Waals surface area contributed by atoms with Gasteiger partial charge in [0, 0.05) is 44.8 Å². The number of nitrogens with zero attached hydrogens (tertiary/aromatic N) is 2. The number of likely N-dealkylation sites (tertiary alicyclic amines) is 1. The summed E-state index contributed by atoms with van der Waals surface area (Å²) in [7, 11) is 5.51. The van der Waals surface area contributed by atoms with Crippen molar-refractivity contribution < 1.29 is 19.4 Å². The quantitative estimate of drug-likeness (QED) is 0.520. The molecule has 0 radical (unpaired) electrons. The Kier molecular flexibility index (Phi) is 7.32. The van der Waals surface area contributed by atoms with E-state index >= 15 is 0 Å². The minimum atomic E-state index is -0.301. The zero-order valence-corrected chi connectivity index (χ0v) is 22.4. The number of hydrogen-bond acceptors (Lipinski definition) is 5. The molecule has 2 aromatic rings. The van der Waals surface area contributed by atoms with Crippen molar-refractivity contribution in [1.29, 1.82) is 0 Å². The summed E-state index contributed by atoms with van der Waals surface area (Å²) in [5, 5.41) is 9.74. The summed E-state index contributed by atoms with van der Waals surface area (Å²) in [5.41, 5.74) is 1.55. The number of piperidine rings is 1. The molecule has 0 bridgehead atoms. The first-order chi connectivity index (χ1) is 17.9. The number of phenols is 1.